The monoisotopic (exact) mass is 249 g/mol. The minimum atomic E-state index is -0.616. The van der Waals surface area contributed by atoms with E-state index < -0.39 is 11.5 Å². The van der Waals surface area contributed by atoms with E-state index in [1.54, 1.807) is 24.3 Å². The second-order valence-electron chi connectivity index (χ2n) is 3.25. The summed E-state index contributed by atoms with van der Waals surface area (Å²) in [6, 6.07) is 10.7. The van der Waals surface area contributed by atoms with Crippen LogP contribution in [0, 0.1) is 0 Å². The molecule has 1 aromatic carbocycles. The molecule has 0 amide bonds. The summed E-state index contributed by atoms with van der Waals surface area (Å²) in [5.41, 5.74) is -0.0834. The number of aromatic nitrogens is 1. The van der Waals surface area contributed by atoms with E-state index in [0.29, 0.717) is 10.6 Å². The smallest absolute Gasteiger partial charge is 0.328 e. The summed E-state index contributed by atoms with van der Waals surface area (Å²) in [6.07, 6.45) is 1.37. The second-order valence-corrected chi connectivity index (χ2v) is 3.69. The van der Waals surface area contributed by atoms with E-state index in [2.05, 4.69) is 0 Å². The molecule has 0 aliphatic carbocycles. The Morgan fingerprint density at radius 2 is 1.82 bits per heavy atom. The highest BCUT2D eigenvalue weighted by Crippen LogP contribution is 2.09. The van der Waals surface area contributed by atoms with Gasteiger partial charge in [-0.3, -0.25) is 4.79 Å². The van der Waals surface area contributed by atoms with Gasteiger partial charge in [-0.25, -0.2) is 4.79 Å². The summed E-state index contributed by atoms with van der Waals surface area (Å²) in [5, 5.41) is 0.526. The van der Waals surface area contributed by atoms with Gasteiger partial charge in [0.05, 0.1) is 5.56 Å². The minimum absolute atomic E-state index is 0.324. The van der Waals surface area contributed by atoms with Crippen molar-refractivity contribution in [3.63, 3.8) is 0 Å². The summed E-state index contributed by atoms with van der Waals surface area (Å²) < 4.78 is 0.872. The van der Waals surface area contributed by atoms with Crippen LogP contribution in [0.1, 0.15) is 10.4 Å². The molecule has 0 aliphatic rings. The predicted octanol–water partition coefficient (Wildman–Crippen LogP) is 1.77. The first-order chi connectivity index (χ1) is 8.16. The Hall–Kier alpha value is -2.07. The summed E-state index contributed by atoms with van der Waals surface area (Å²) in [4.78, 5) is 27.9. The highest BCUT2D eigenvalue weighted by Gasteiger charge is 2.08. The van der Waals surface area contributed by atoms with Crippen LogP contribution in [0.2, 0.25) is 5.02 Å². The van der Waals surface area contributed by atoms with E-state index in [1.807, 2.05) is 0 Å². The number of rotatable bonds is 2. The lowest BCUT2D eigenvalue weighted by Gasteiger charge is -2.05. The number of pyridine rings is 1. The molecule has 5 heteroatoms. The first-order valence-corrected chi connectivity index (χ1v) is 5.20. The van der Waals surface area contributed by atoms with Crippen molar-refractivity contribution in [2.45, 2.75) is 0 Å². The molecule has 0 radical (unpaired) electrons. The van der Waals surface area contributed by atoms with Crippen LogP contribution >= 0.6 is 11.6 Å². The molecule has 17 heavy (non-hydrogen) atoms. The Balaban J connectivity index is 2.20. The zero-order valence-corrected chi connectivity index (χ0v) is 9.42. The molecule has 4 nitrogen and oxygen atoms in total. The molecule has 2 aromatic rings. The van der Waals surface area contributed by atoms with Crippen molar-refractivity contribution in [1.29, 1.82) is 0 Å². The first-order valence-electron chi connectivity index (χ1n) is 4.83. The zero-order chi connectivity index (χ0) is 12.3. The van der Waals surface area contributed by atoms with E-state index in [1.165, 1.54) is 24.4 Å². The van der Waals surface area contributed by atoms with Crippen LogP contribution in [-0.2, 0) is 0 Å². The van der Waals surface area contributed by atoms with Gasteiger partial charge < -0.3 is 4.84 Å². The summed E-state index contributed by atoms with van der Waals surface area (Å²) in [7, 11) is 0. The molecule has 0 fully saturated rings. The Bertz CT molecular complexity index is 589. The molecule has 0 bridgehead atoms. The molecule has 1 heterocycles. The number of nitrogens with zero attached hydrogens (tertiary/aromatic N) is 1. The lowest BCUT2D eigenvalue weighted by molar-refractivity contribution is 0.0443. The normalized spacial score (nSPS) is 9.94. The molecule has 1 aromatic heterocycles. The molecule has 0 unspecified atom stereocenters. The van der Waals surface area contributed by atoms with Gasteiger partial charge in [-0.15, -0.1) is 4.73 Å². The van der Waals surface area contributed by atoms with E-state index in [9.17, 15) is 9.59 Å². The second kappa shape index (κ2) is 4.84. The average Bonchev–Trinajstić information content (AvgIpc) is 2.33. The predicted molar refractivity (Wildman–Crippen MR) is 63.1 cm³/mol. The van der Waals surface area contributed by atoms with Gasteiger partial charge in [0.1, 0.15) is 0 Å². The number of hydrogen-bond acceptors (Lipinski definition) is 3. The fourth-order valence-corrected chi connectivity index (χ4v) is 1.34. The van der Waals surface area contributed by atoms with E-state index >= 15 is 0 Å². The molecule has 0 aliphatic heterocycles. The number of hydrogen-bond donors (Lipinski definition) is 0. The highest BCUT2D eigenvalue weighted by atomic mass is 35.5. The summed E-state index contributed by atoms with van der Waals surface area (Å²) in [5.74, 6) is -0.616. The van der Waals surface area contributed by atoms with Gasteiger partial charge in [0.25, 0.3) is 5.56 Å². The Morgan fingerprint density at radius 1 is 1.12 bits per heavy atom. The third-order valence-corrected chi connectivity index (χ3v) is 2.30. The van der Waals surface area contributed by atoms with Crippen LogP contribution < -0.4 is 10.4 Å². The molecule has 0 N–H and O–H groups in total. The Kier molecular flexibility index (Phi) is 3.25. The highest BCUT2D eigenvalue weighted by molar-refractivity contribution is 6.30. The fourth-order valence-electron chi connectivity index (χ4n) is 1.22. The topological polar surface area (TPSA) is 48.3 Å². The molecular weight excluding hydrogens is 242 g/mol. The lowest BCUT2D eigenvalue weighted by atomic mass is 10.2. The van der Waals surface area contributed by atoms with Crippen molar-refractivity contribution < 1.29 is 9.63 Å². The maximum Gasteiger partial charge on any atom is 0.363 e. The van der Waals surface area contributed by atoms with E-state index in [4.69, 9.17) is 16.4 Å². The number of benzene rings is 1. The van der Waals surface area contributed by atoms with Gasteiger partial charge in [0.15, 0.2) is 0 Å². The fraction of sp³-hybridized carbons (Fsp3) is 0. The third kappa shape index (κ3) is 2.73. The molecule has 0 spiro atoms. The van der Waals surface area contributed by atoms with Gasteiger partial charge >= 0.3 is 5.97 Å². The molecule has 86 valence electrons. The zero-order valence-electron chi connectivity index (χ0n) is 8.67. The number of carbonyl (C=O) groups is 1. The van der Waals surface area contributed by atoms with Crippen molar-refractivity contribution in [3.8, 4) is 0 Å². The minimum Gasteiger partial charge on any atom is -0.328 e. The van der Waals surface area contributed by atoms with E-state index in [0.717, 1.165) is 4.73 Å². The summed E-state index contributed by atoms with van der Waals surface area (Å²) >= 11 is 5.69. The molecular formula is C12H8ClNO3. The van der Waals surface area contributed by atoms with Crippen LogP contribution in [0.4, 0.5) is 0 Å². The van der Waals surface area contributed by atoms with Gasteiger partial charge in [-0.05, 0) is 30.3 Å². The van der Waals surface area contributed by atoms with Crippen LogP contribution in [-0.4, -0.2) is 10.7 Å². The molecule has 0 atom stereocenters. The van der Waals surface area contributed by atoms with Crippen molar-refractivity contribution in [2.24, 2.45) is 0 Å². The Morgan fingerprint density at radius 3 is 2.47 bits per heavy atom. The van der Waals surface area contributed by atoms with Crippen LogP contribution in [0.15, 0.2) is 53.5 Å². The maximum absolute atomic E-state index is 11.7. The first kappa shape index (κ1) is 11.4. The SMILES string of the molecule is O=C(On1ccccc1=O)c1ccc(Cl)cc1. The lowest BCUT2D eigenvalue weighted by Crippen LogP contribution is -2.29. The van der Waals surface area contributed by atoms with Crippen LogP contribution in [0.3, 0.4) is 0 Å². The standard InChI is InChI=1S/C12H8ClNO3/c13-10-6-4-9(5-7-10)12(16)17-14-8-2-1-3-11(14)15/h1-8H. The quantitative estimate of drug-likeness (QED) is 0.815. The average molecular weight is 250 g/mol. The van der Waals surface area contributed by atoms with Gasteiger partial charge in [-0.2, -0.15) is 0 Å². The summed E-state index contributed by atoms with van der Waals surface area (Å²) in [6.45, 7) is 0. The molecule has 2 rings (SSSR count). The molecule has 0 saturated carbocycles. The van der Waals surface area contributed by atoms with E-state index in [-0.39, 0.29) is 0 Å². The van der Waals surface area contributed by atoms with Crippen molar-refractivity contribution in [3.05, 3.63) is 69.6 Å². The third-order valence-electron chi connectivity index (χ3n) is 2.05. The number of halogens is 1. The van der Waals surface area contributed by atoms with Crippen molar-refractivity contribution in [2.75, 3.05) is 0 Å². The Labute approximate surface area is 102 Å². The van der Waals surface area contributed by atoms with Gasteiger partial charge in [0.2, 0.25) is 0 Å². The maximum atomic E-state index is 11.7. The van der Waals surface area contributed by atoms with Crippen molar-refractivity contribution >= 4 is 17.6 Å². The molecule has 0 saturated heterocycles. The van der Waals surface area contributed by atoms with Gasteiger partial charge in [0, 0.05) is 17.3 Å². The van der Waals surface area contributed by atoms with Crippen molar-refractivity contribution in [1.82, 2.24) is 4.73 Å². The van der Waals surface area contributed by atoms with Crippen LogP contribution in [0.5, 0.6) is 0 Å². The van der Waals surface area contributed by atoms with Crippen LogP contribution in [0.25, 0.3) is 0 Å². The largest absolute Gasteiger partial charge is 0.363 e. The van der Waals surface area contributed by atoms with Gasteiger partial charge in [-0.1, -0.05) is 17.7 Å². The number of carbonyl (C=O) groups excluding carboxylic acids is 1.